The minimum atomic E-state index is -1.33. The van der Waals surface area contributed by atoms with E-state index >= 15 is 0 Å². The molecule has 0 aliphatic heterocycles. The Morgan fingerprint density at radius 2 is 2.03 bits per heavy atom. The molecular weight excluding hydrogens is 396 g/mol. The number of rotatable bonds is 7. The van der Waals surface area contributed by atoms with Crippen molar-refractivity contribution in [1.29, 1.82) is 5.26 Å². The van der Waals surface area contributed by atoms with Crippen molar-refractivity contribution in [2.45, 2.75) is 45.4 Å². The SMILES string of the molecule is CC(C)Nc1cc(-c2ccc3cc(C#N)cnn23)ncc1C(=O)NCC(O)C(C)(C)O. The van der Waals surface area contributed by atoms with E-state index in [1.54, 1.807) is 16.6 Å². The van der Waals surface area contributed by atoms with Crippen molar-refractivity contribution in [2.24, 2.45) is 0 Å². The lowest BCUT2D eigenvalue weighted by molar-refractivity contribution is -0.0452. The van der Waals surface area contributed by atoms with Crippen LogP contribution in [0.25, 0.3) is 16.9 Å². The number of aliphatic hydroxyl groups is 2. The molecule has 4 N–H and O–H groups in total. The summed E-state index contributed by atoms with van der Waals surface area (Å²) in [5, 5.41) is 39.1. The number of pyridine rings is 1. The molecule has 0 bridgehead atoms. The van der Waals surface area contributed by atoms with Gasteiger partial charge in [-0.2, -0.15) is 10.4 Å². The third kappa shape index (κ3) is 4.99. The van der Waals surface area contributed by atoms with E-state index in [-0.39, 0.29) is 12.6 Å². The van der Waals surface area contributed by atoms with Crippen LogP contribution in [0.1, 0.15) is 43.6 Å². The molecule has 1 atom stereocenters. The largest absolute Gasteiger partial charge is 0.388 e. The smallest absolute Gasteiger partial charge is 0.255 e. The molecule has 0 spiro atoms. The minimum Gasteiger partial charge on any atom is -0.388 e. The van der Waals surface area contributed by atoms with Crippen LogP contribution in [0.4, 0.5) is 5.69 Å². The first-order valence-electron chi connectivity index (χ1n) is 9.93. The molecule has 0 aliphatic rings. The number of nitriles is 1. The molecule has 1 amide bonds. The molecule has 1 unspecified atom stereocenters. The van der Waals surface area contributed by atoms with Crippen LogP contribution in [0.5, 0.6) is 0 Å². The van der Waals surface area contributed by atoms with Crippen LogP contribution in [0.3, 0.4) is 0 Å². The standard InChI is InChI=1S/C22H26N6O3/c1-13(2)27-17-8-18(19-6-5-15-7-14(9-23)10-26-28(15)19)24-11-16(17)21(30)25-12-20(29)22(3,4)31/h5-8,10-11,13,20,29,31H,12H2,1-4H3,(H,24,27)(H,25,30). The van der Waals surface area contributed by atoms with Gasteiger partial charge in [0, 0.05) is 18.8 Å². The van der Waals surface area contributed by atoms with Gasteiger partial charge in [0.15, 0.2) is 0 Å². The Hall–Kier alpha value is -3.48. The lowest BCUT2D eigenvalue weighted by Crippen LogP contribution is -2.44. The zero-order valence-electron chi connectivity index (χ0n) is 17.9. The number of aliphatic hydroxyl groups excluding tert-OH is 1. The summed E-state index contributed by atoms with van der Waals surface area (Å²) in [4.78, 5) is 17.2. The highest BCUT2D eigenvalue weighted by molar-refractivity contribution is 6.00. The lowest BCUT2D eigenvalue weighted by Gasteiger charge is -2.24. The van der Waals surface area contributed by atoms with E-state index in [4.69, 9.17) is 5.26 Å². The predicted molar refractivity (Wildman–Crippen MR) is 117 cm³/mol. The monoisotopic (exact) mass is 422 g/mol. The maximum atomic E-state index is 12.7. The van der Waals surface area contributed by atoms with Gasteiger partial charge in [0.05, 0.1) is 51.6 Å². The molecule has 3 aromatic rings. The number of nitrogens with zero attached hydrogens (tertiary/aromatic N) is 4. The van der Waals surface area contributed by atoms with Gasteiger partial charge in [-0.05, 0) is 52.0 Å². The molecule has 0 fully saturated rings. The third-order valence-corrected chi connectivity index (χ3v) is 4.76. The van der Waals surface area contributed by atoms with E-state index in [0.29, 0.717) is 22.5 Å². The van der Waals surface area contributed by atoms with E-state index in [0.717, 1.165) is 11.2 Å². The molecule has 3 aromatic heterocycles. The number of amides is 1. The Kier molecular flexibility index (Phi) is 6.24. The van der Waals surface area contributed by atoms with Crippen LogP contribution in [-0.2, 0) is 0 Å². The van der Waals surface area contributed by atoms with Crippen molar-refractivity contribution in [2.75, 3.05) is 11.9 Å². The summed E-state index contributed by atoms with van der Waals surface area (Å²) in [7, 11) is 0. The number of anilines is 1. The predicted octanol–water partition coefficient (Wildman–Crippen LogP) is 1.95. The summed E-state index contributed by atoms with van der Waals surface area (Å²) in [6.07, 6.45) is 1.84. The van der Waals surface area contributed by atoms with Gasteiger partial charge < -0.3 is 20.8 Å². The lowest BCUT2D eigenvalue weighted by atomic mass is 10.0. The Labute approximate surface area is 180 Å². The molecule has 0 radical (unpaired) electrons. The molecule has 3 heterocycles. The van der Waals surface area contributed by atoms with Gasteiger partial charge in [0.1, 0.15) is 6.07 Å². The number of carbonyl (C=O) groups excluding carboxylic acids is 1. The molecule has 0 aliphatic carbocycles. The van der Waals surface area contributed by atoms with E-state index in [1.165, 1.54) is 26.2 Å². The minimum absolute atomic E-state index is 0.0594. The van der Waals surface area contributed by atoms with Crippen LogP contribution in [0, 0.1) is 11.3 Å². The first-order valence-corrected chi connectivity index (χ1v) is 9.93. The average molecular weight is 422 g/mol. The van der Waals surface area contributed by atoms with Gasteiger partial charge in [-0.1, -0.05) is 0 Å². The summed E-state index contributed by atoms with van der Waals surface area (Å²) in [6, 6.07) is 9.33. The Morgan fingerprint density at radius 3 is 2.68 bits per heavy atom. The summed E-state index contributed by atoms with van der Waals surface area (Å²) in [5.74, 6) is -0.415. The first-order chi connectivity index (χ1) is 14.6. The second-order valence-electron chi connectivity index (χ2n) is 8.20. The topological polar surface area (TPSA) is 136 Å². The van der Waals surface area contributed by atoms with Crippen LogP contribution in [0.2, 0.25) is 0 Å². The van der Waals surface area contributed by atoms with Crippen molar-refractivity contribution in [3.8, 4) is 17.5 Å². The van der Waals surface area contributed by atoms with E-state index < -0.39 is 17.6 Å². The molecule has 3 rings (SSSR count). The van der Waals surface area contributed by atoms with Crippen molar-refractivity contribution < 1.29 is 15.0 Å². The Morgan fingerprint density at radius 1 is 1.29 bits per heavy atom. The van der Waals surface area contributed by atoms with Crippen molar-refractivity contribution in [1.82, 2.24) is 19.9 Å². The molecule has 9 heteroatoms. The van der Waals surface area contributed by atoms with Gasteiger partial charge in [0.2, 0.25) is 0 Å². The van der Waals surface area contributed by atoms with Gasteiger partial charge in [-0.15, -0.1) is 0 Å². The van der Waals surface area contributed by atoms with Crippen molar-refractivity contribution in [3.63, 3.8) is 0 Å². The maximum absolute atomic E-state index is 12.7. The maximum Gasteiger partial charge on any atom is 0.255 e. The fourth-order valence-electron chi connectivity index (χ4n) is 3.00. The third-order valence-electron chi connectivity index (χ3n) is 4.76. The van der Waals surface area contributed by atoms with Crippen LogP contribution in [0.15, 0.2) is 36.7 Å². The zero-order valence-corrected chi connectivity index (χ0v) is 17.9. The van der Waals surface area contributed by atoms with Gasteiger partial charge in [-0.25, -0.2) is 4.52 Å². The normalized spacial score (nSPS) is 12.6. The summed E-state index contributed by atoms with van der Waals surface area (Å²) in [5.41, 5.74) is 2.12. The number of nitrogens with one attached hydrogen (secondary N) is 2. The van der Waals surface area contributed by atoms with Gasteiger partial charge >= 0.3 is 0 Å². The summed E-state index contributed by atoms with van der Waals surface area (Å²) in [6.45, 7) is 6.76. The van der Waals surface area contributed by atoms with Crippen molar-refractivity contribution >= 4 is 17.1 Å². The number of hydrogen-bond acceptors (Lipinski definition) is 7. The fraction of sp³-hybridized carbons (Fsp3) is 0.364. The highest BCUT2D eigenvalue weighted by atomic mass is 16.3. The molecule has 0 saturated carbocycles. The van der Waals surface area contributed by atoms with Gasteiger partial charge in [0.25, 0.3) is 5.91 Å². The molecule has 0 aromatic carbocycles. The average Bonchev–Trinajstić information content (AvgIpc) is 3.13. The highest BCUT2D eigenvalue weighted by Gasteiger charge is 2.25. The number of hydrogen-bond donors (Lipinski definition) is 4. The second kappa shape index (κ2) is 8.71. The Bertz CT molecular complexity index is 1140. The molecule has 9 nitrogen and oxygen atoms in total. The fourth-order valence-corrected chi connectivity index (χ4v) is 3.00. The van der Waals surface area contributed by atoms with Crippen LogP contribution >= 0.6 is 0 Å². The molecule has 162 valence electrons. The number of fused-ring (bicyclic) bond motifs is 1. The number of aromatic nitrogens is 3. The summed E-state index contributed by atoms with van der Waals surface area (Å²) >= 11 is 0. The Balaban J connectivity index is 1.93. The quantitative estimate of drug-likeness (QED) is 0.457. The van der Waals surface area contributed by atoms with Gasteiger partial charge in [-0.3, -0.25) is 9.78 Å². The molecule has 0 saturated heterocycles. The van der Waals surface area contributed by atoms with Crippen LogP contribution in [-0.4, -0.2) is 55.0 Å². The summed E-state index contributed by atoms with van der Waals surface area (Å²) < 4.78 is 1.68. The first kappa shape index (κ1) is 22.2. The molecule has 31 heavy (non-hydrogen) atoms. The van der Waals surface area contributed by atoms with E-state index in [2.05, 4.69) is 26.8 Å². The highest BCUT2D eigenvalue weighted by Crippen LogP contribution is 2.26. The van der Waals surface area contributed by atoms with E-state index in [1.807, 2.05) is 26.0 Å². The molecular formula is C22H26N6O3. The van der Waals surface area contributed by atoms with Crippen LogP contribution < -0.4 is 10.6 Å². The van der Waals surface area contributed by atoms with Crippen molar-refractivity contribution in [3.05, 3.63) is 47.8 Å². The van der Waals surface area contributed by atoms with E-state index in [9.17, 15) is 15.0 Å². The second-order valence-corrected chi connectivity index (χ2v) is 8.20. The zero-order chi connectivity index (χ0) is 22.8. The number of carbonyl (C=O) groups is 1.